The third-order valence-corrected chi connectivity index (χ3v) is 6.61. The first kappa shape index (κ1) is 24.2. The average Bonchev–Trinajstić information content (AvgIpc) is 3.11. The number of carbonyl (C=O) groups excluding carboxylic acids is 1. The van der Waals surface area contributed by atoms with Crippen molar-refractivity contribution in [3.05, 3.63) is 136 Å². The number of rotatable bonds is 6. The molecular formula is C32H29N3O2. The number of hydrogen-bond acceptors (Lipinski definition) is 5. The molecule has 0 saturated heterocycles. The number of esters is 1. The first-order chi connectivity index (χ1) is 18.1. The van der Waals surface area contributed by atoms with Gasteiger partial charge in [-0.05, 0) is 83.6 Å². The number of aromatic nitrogens is 1. The van der Waals surface area contributed by atoms with E-state index >= 15 is 0 Å². The summed E-state index contributed by atoms with van der Waals surface area (Å²) in [5.41, 5.74) is 9.56. The highest BCUT2D eigenvalue weighted by molar-refractivity contribution is 5.93. The molecule has 1 aromatic heterocycles. The summed E-state index contributed by atoms with van der Waals surface area (Å²) in [6, 6.07) is 28.4. The van der Waals surface area contributed by atoms with Gasteiger partial charge in [0.25, 0.3) is 0 Å². The van der Waals surface area contributed by atoms with Crippen LogP contribution in [0.2, 0.25) is 0 Å². The lowest BCUT2D eigenvalue weighted by atomic mass is 9.94. The summed E-state index contributed by atoms with van der Waals surface area (Å²) in [4.78, 5) is 21.3. The minimum atomic E-state index is -0.331. The Bertz CT molecular complexity index is 1520. The van der Waals surface area contributed by atoms with Crippen molar-refractivity contribution in [2.75, 3.05) is 19.0 Å². The number of hydrogen-bond donors (Lipinski definition) is 1. The molecule has 0 saturated carbocycles. The number of aryl methyl sites for hydroxylation is 1. The molecule has 2 heterocycles. The fourth-order valence-electron chi connectivity index (χ4n) is 4.51. The Morgan fingerprint density at radius 1 is 1.00 bits per heavy atom. The lowest BCUT2D eigenvalue weighted by molar-refractivity contribution is 0.0600. The highest BCUT2D eigenvalue weighted by atomic mass is 16.5. The van der Waals surface area contributed by atoms with Crippen molar-refractivity contribution in [3.8, 4) is 0 Å². The molecule has 184 valence electrons. The van der Waals surface area contributed by atoms with Crippen molar-refractivity contribution in [2.45, 2.75) is 19.9 Å². The van der Waals surface area contributed by atoms with Gasteiger partial charge in [-0.3, -0.25) is 9.98 Å². The topological polar surface area (TPSA) is 63.6 Å². The Morgan fingerprint density at radius 2 is 1.81 bits per heavy atom. The second-order valence-electron chi connectivity index (χ2n) is 9.09. The van der Waals surface area contributed by atoms with Gasteiger partial charge in [0, 0.05) is 24.0 Å². The molecule has 1 aliphatic rings. The van der Waals surface area contributed by atoms with Crippen LogP contribution in [0.5, 0.6) is 0 Å². The Balaban J connectivity index is 1.57. The number of ether oxygens (including phenoxy) is 1. The van der Waals surface area contributed by atoms with Gasteiger partial charge in [-0.25, -0.2) is 4.79 Å². The summed E-state index contributed by atoms with van der Waals surface area (Å²) in [5.74, 6) is -0.331. The van der Waals surface area contributed by atoms with Gasteiger partial charge in [0.2, 0.25) is 0 Å². The number of nitrogens with one attached hydrogen (secondary N) is 1. The molecule has 3 aromatic carbocycles. The first-order valence-corrected chi connectivity index (χ1v) is 12.4. The molecule has 0 radical (unpaired) electrons. The van der Waals surface area contributed by atoms with E-state index in [-0.39, 0.29) is 5.97 Å². The van der Waals surface area contributed by atoms with E-state index in [2.05, 4.69) is 71.8 Å². The molecule has 0 fully saturated rings. The first-order valence-electron chi connectivity index (χ1n) is 12.4. The van der Waals surface area contributed by atoms with Crippen LogP contribution in [0.15, 0.2) is 96.1 Å². The van der Waals surface area contributed by atoms with E-state index in [0.717, 1.165) is 45.4 Å². The van der Waals surface area contributed by atoms with Gasteiger partial charge in [-0.1, -0.05) is 48.5 Å². The lowest BCUT2D eigenvalue weighted by Crippen LogP contribution is -2.11. The third kappa shape index (κ3) is 5.67. The van der Waals surface area contributed by atoms with Crippen molar-refractivity contribution in [3.63, 3.8) is 0 Å². The molecule has 5 rings (SSSR count). The summed E-state index contributed by atoms with van der Waals surface area (Å²) in [7, 11) is 1.40. The molecule has 5 nitrogen and oxygen atoms in total. The zero-order chi connectivity index (χ0) is 25.6. The smallest absolute Gasteiger partial charge is 0.337 e. The van der Waals surface area contributed by atoms with Crippen LogP contribution in [0.25, 0.3) is 11.6 Å². The van der Waals surface area contributed by atoms with Gasteiger partial charge in [0.05, 0.1) is 30.3 Å². The van der Waals surface area contributed by atoms with Crippen LogP contribution in [-0.4, -0.2) is 24.6 Å². The van der Waals surface area contributed by atoms with Gasteiger partial charge in [0.15, 0.2) is 0 Å². The van der Waals surface area contributed by atoms with E-state index in [1.807, 2.05) is 42.6 Å². The zero-order valence-corrected chi connectivity index (χ0v) is 21.1. The summed E-state index contributed by atoms with van der Waals surface area (Å²) >= 11 is 0. The maximum atomic E-state index is 11.8. The molecule has 0 spiro atoms. The van der Waals surface area contributed by atoms with Crippen LogP contribution >= 0.6 is 0 Å². The molecule has 1 N–H and O–H groups in total. The number of carbonyl (C=O) groups is 1. The number of fused-ring (bicyclic) bond motifs is 1. The lowest BCUT2D eigenvalue weighted by Gasteiger charge is -2.20. The summed E-state index contributed by atoms with van der Waals surface area (Å²) in [5, 5.41) is 4.52. The Morgan fingerprint density at radius 3 is 2.57 bits per heavy atom. The van der Waals surface area contributed by atoms with Gasteiger partial charge in [-0.15, -0.1) is 0 Å². The highest BCUT2D eigenvalue weighted by Crippen LogP contribution is 2.31. The molecule has 0 amide bonds. The second-order valence-corrected chi connectivity index (χ2v) is 9.09. The largest absolute Gasteiger partial charge is 0.465 e. The maximum absolute atomic E-state index is 11.8. The number of benzene rings is 2. The SMILES string of the molecule is COC(=O)c1ccc(C2=Cc3c(Cc4ccccc4)cc(=NCc4ncccc4C)ccc3NC2)cc1. The molecule has 0 aliphatic carbocycles. The fourth-order valence-corrected chi connectivity index (χ4v) is 4.51. The van der Waals surface area contributed by atoms with E-state index in [0.29, 0.717) is 18.7 Å². The highest BCUT2D eigenvalue weighted by Gasteiger charge is 2.15. The van der Waals surface area contributed by atoms with Crippen LogP contribution in [0.1, 0.15) is 43.9 Å². The molecule has 0 bridgehead atoms. The van der Waals surface area contributed by atoms with E-state index in [1.54, 1.807) is 0 Å². The monoisotopic (exact) mass is 487 g/mol. The predicted molar refractivity (Wildman–Crippen MR) is 148 cm³/mol. The summed E-state index contributed by atoms with van der Waals surface area (Å²) < 4.78 is 4.84. The van der Waals surface area contributed by atoms with Crippen molar-refractivity contribution in [2.24, 2.45) is 4.99 Å². The molecule has 37 heavy (non-hydrogen) atoms. The third-order valence-electron chi connectivity index (χ3n) is 6.61. The van der Waals surface area contributed by atoms with E-state index in [9.17, 15) is 4.79 Å². The second kappa shape index (κ2) is 11.0. The van der Waals surface area contributed by atoms with Crippen molar-refractivity contribution < 1.29 is 9.53 Å². The van der Waals surface area contributed by atoms with Crippen LogP contribution in [-0.2, 0) is 17.7 Å². The minimum absolute atomic E-state index is 0.331. The van der Waals surface area contributed by atoms with Crippen LogP contribution in [0, 0.1) is 6.92 Å². The fraction of sp³-hybridized carbons (Fsp3) is 0.156. The quantitative estimate of drug-likeness (QED) is 0.347. The van der Waals surface area contributed by atoms with Crippen LogP contribution < -0.4 is 10.7 Å². The number of anilines is 1. The van der Waals surface area contributed by atoms with Crippen LogP contribution in [0.4, 0.5) is 5.69 Å². The Kier molecular flexibility index (Phi) is 7.22. The van der Waals surface area contributed by atoms with Gasteiger partial charge in [-0.2, -0.15) is 0 Å². The van der Waals surface area contributed by atoms with Gasteiger partial charge in [0.1, 0.15) is 0 Å². The normalized spacial score (nSPS) is 12.8. The molecule has 5 heteroatoms. The van der Waals surface area contributed by atoms with E-state index in [1.165, 1.54) is 18.2 Å². The van der Waals surface area contributed by atoms with Crippen molar-refractivity contribution in [1.82, 2.24) is 4.98 Å². The number of methoxy groups -OCH3 is 1. The van der Waals surface area contributed by atoms with Crippen LogP contribution in [0.3, 0.4) is 0 Å². The number of pyridine rings is 1. The molecule has 0 atom stereocenters. The molecule has 1 aliphatic heterocycles. The summed E-state index contributed by atoms with van der Waals surface area (Å²) in [6.07, 6.45) is 4.86. The minimum Gasteiger partial charge on any atom is -0.465 e. The molecular weight excluding hydrogens is 458 g/mol. The predicted octanol–water partition coefficient (Wildman–Crippen LogP) is 5.83. The van der Waals surface area contributed by atoms with Crippen molar-refractivity contribution in [1.29, 1.82) is 0 Å². The number of nitrogens with zero attached hydrogens (tertiary/aromatic N) is 2. The van der Waals surface area contributed by atoms with E-state index in [4.69, 9.17) is 9.73 Å². The van der Waals surface area contributed by atoms with Crippen molar-refractivity contribution >= 4 is 23.3 Å². The summed E-state index contributed by atoms with van der Waals surface area (Å²) in [6.45, 7) is 3.29. The Hall–Kier alpha value is -4.51. The standard InChI is InChI=1S/C32H29N3O2/c1-22-7-6-16-33-31(22)21-34-28-14-15-30-29(26(18-28)17-23-8-4-3-5-9-23)19-27(20-35-30)24-10-12-25(13-11-24)32(36)37-2/h3-16,18-19,35H,17,20-21H2,1-2H3. The van der Waals surface area contributed by atoms with Gasteiger partial charge >= 0.3 is 5.97 Å². The Labute approximate surface area is 217 Å². The molecule has 4 aromatic rings. The zero-order valence-electron chi connectivity index (χ0n) is 21.1. The van der Waals surface area contributed by atoms with Gasteiger partial charge < -0.3 is 10.1 Å². The maximum Gasteiger partial charge on any atom is 0.337 e. The molecule has 0 unspecified atom stereocenters. The average molecular weight is 488 g/mol. The van der Waals surface area contributed by atoms with E-state index < -0.39 is 0 Å².